The first-order chi connectivity index (χ1) is 11.3. The van der Waals surface area contributed by atoms with E-state index in [1.54, 1.807) is 16.4 Å². The third-order valence-corrected chi connectivity index (χ3v) is 6.51. The molecule has 0 aliphatic carbocycles. The van der Waals surface area contributed by atoms with Gasteiger partial charge in [0, 0.05) is 24.7 Å². The van der Waals surface area contributed by atoms with Crippen molar-refractivity contribution < 1.29 is 13.2 Å². The number of sulfonamides is 1. The van der Waals surface area contributed by atoms with Crippen molar-refractivity contribution in [3.63, 3.8) is 0 Å². The maximum absolute atomic E-state index is 12.7. The maximum Gasteiger partial charge on any atom is 0.251 e. The molecule has 0 unspecified atom stereocenters. The summed E-state index contributed by atoms with van der Waals surface area (Å²) in [5.74, 6) is 0.416. The van der Waals surface area contributed by atoms with E-state index in [1.807, 2.05) is 6.92 Å². The molecule has 1 aromatic rings. The first kappa shape index (κ1) is 18.9. The van der Waals surface area contributed by atoms with Crippen LogP contribution >= 0.6 is 0 Å². The first-order valence-electron chi connectivity index (χ1n) is 8.75. The molecule has 1 aromatic carbocycles. The summed E-state index contributed by atoms with van der Waals surface area (Å²) in [5, 5.41) is 2.92. The van der Waals surface area contributed by atoms with Gasteiger partial charge < -0.3 is 5.32 Å². The summed E-state index contributed by atoms with van der Waals surface area (Å²) in [7, 11) is -3.46. The van der Waals surface area contributed by atoms with E-state index in [2.05, 4.69) is 19.2 Å². The maximum atomic E-state index is 12.7. The van der Waals surface area contributed by atoms with Crippen LogP contribution in [0, 0.1) is 5.92 Å². The van der Waals surface area contributed by atoms with Gasteiger partial charge in [0.1, 0.15) is 0 Å². The van der Waals surface area contributed by atoms with Crippen LogP contribution in [-0.2, 0) is 10.0 Å². The zero-order valence-corrected chi connectivity index (χ0v) is 15.6. The van der Waals surface area contributed by atoms with Gasteiger partial charge in [0.25, 0.3) is 5.91 Å². The van der Waals surface area contributed by atoms with Crippen LogP contribution in [0.1, 0.15) is 56.8 Å². The number of rotatable bonds is 6. The summed E-state index contributed by atoms with van der Waals surface area (Å²) < 4.78 is 26.9. The van der Waals surface area contributed by atoms with Crippen molar-refractivity contribution in [2.45, 2.75) is 57.4 Å². The third kappa shape index (κ3) is 4.57. The van der Waals surface area contributed by atoms with E-state index in [4.69, 9.17) is 0 Å². The number of nitrogens with one attached hydrogen (secondary N) is 1. The minimum Gasteiger partial charge on any atom is -0.350 e. The molecule has 1 saturated heterocycles. The summed E-state index contributed by atoms with van der Waals surface area (Å²) in [4.78, 5) is 12.4. The number of amides is 1. The number of carbonyl (C=O) groups is 1. The van der Waals surface area contributed by atoms with Crippen molar-refractivity contribution in [2.24, 2.45) is 5.92 Å². The van der Waals surface area contributed by atoms with E-state index in [-0.39, 0.29) is 16.8 Å². The number of nitrogens with zero attached hydrogens (tertiary/aromatic N) is 1. The van der Waals surface area contributed by atoms with E-state index in [0.717, 1.165) is 25.7 Å². The zero-order valence-electron chi connectivity index (χ0n) is 14.8. The average molecular weight is 353 g/mol. The predicted molar refractivity (Wildman–Crippen MR) is 95.4 cm³/mol. The highest BCUT2D eigenvalue weighted by atomic mass is 32.2. The second kappa shape index (κ2) is 8.12. The summed E-state index contributed by atoms with van der Waals surface area (Å²) in [6.45, 7) is 7.33. The van der Waals surface area contributed by atoms with E-state index >= 15 is 0 Å². The van der Waals surface area contributed by atoms with Crippen LogP contribution in [0.2, 0.25) is 0 Å². The quantitative estimate of drug-likeness (QED) is 0.856. The summed E-state index contributed by atoms with van der Waals surface area (Å²) >= 11 is 0. The molecule has 1 aliphatic rings. The van der Waals surface area contributed by atoms with Crippen molar-refractivity contribution in [2.75, 3.05) is 13.1 Å². The number of piperidine rings is 1. The average Bonchev–Trinajstić information content (AvgIpc) is 2.55. The highest BCUT2D eigenvalue weighted by Gasteiger charge is 2.28. The van der Waals surface area contributed by atoms with Gasteiger partial charge in [-0.1, -0.05) is 20.3 Å². The van der Waals surface area contributed by atoms with Gasteiger partial charge in [-0.2, -0.15) is 4.31 Å². The molecule has 1 fully saturated rings. The lowest BCUT2D eigenvalue weighted by Gasteiger charge is -2.29. The van der Waals surface area contributed by atoms with E-state index in [0.29, 0.717) is 24.6 Å². The first-order valence-corrected chi connectivity index (χ1v) is 10.2. The predicted octanol–water partition coefficient (Wildman–Crippen LogP) is 3.03. The van der Waals surface area contributed by atoms with E-state index in [9.17, 15) is 13.2 Å². The number of hydrogen-bond donors (Lipinski definition) is 1. The van der Waals surface area contributed by atoms with Crippen LogP contribution in [0.25, 0.3) is 0 Å². The molecule has 0 saturated carbocycles. The molecular weight excluding hydrogens is 324 g/mol. The van der Waals surface area contributed by atoms with Gasteiger partial charge in [0.05, 0.1) is 4.90 Å². The molecule has 24 heavy (non-hydrogen) atoms. The summed E-state index contributed by atoms with van der Waals surface area (Å²) in [5.41, 5.74) is 0.490. The van der Waals surface area contributed by atoms with Crippen LogP contribution in [0.5, 0.6) is 0 Å². The highest BCUT2D eigenvalue weighted by molar-refractivity contribution is 7.89. The molecule has 1 atom stereocenters. The second-order valence-corrected chi connectivity index (χ2v) is 8.71. The van der Waals surface area contributed by atoms with Crippen molar-refractivity contribution >= 4 is 15.9 Å². The van der Waals surface area contributed by atoms with Crippen LogP contribution < -0.4 is 5.32 Å². The molecular formula is C18H28N2O3S. The van der Waals surface area contributed by atoms with Crippen molar-refractivity contribution in [3.05, 3.63) is 29.8 Å². The molecule has 1 amide bonds. The van der Waals surface area contributed by atoms with Crippen LogP contribution in [0.15, 0.2) is 29.2 Å². The topological polar surface area (TPSA) is 66.5 Å². The molecule has 5 nitrogen and oxygen atoms in total. The van der Waals surface area contributed by atoms with Gasteiger partial charge in [0.2, 0.25) is 10.0 Å². The summed E-state index contributed by atoms with van der Waals surface area (Å²) in [6.07, 6.45) is 3.72. The van der Waals surface area contributed by atoms with Gasteiger partial charge in [-0.25, -0.2) is 8.42 Å². The molecule has 2 rings (SSSR count). The highest BCUT2D eigenvalue weighted by Crippen LogP contribution is 2.23. The third-order valence-electron chi connectivity index (χ3n) is 4.60. The zero-order chi connectivity index (χ0) is 17.7. The monoisotopic (exact) mass is 352 g/mol. The number of hydrogen-bond acceptors (Lipinski definition) is 3. The molecule has 0 radical (unpaired) electrons. The number of benzene rings is 1. The molecule has 0 aromatic heterocycles. The van der Waals surface area contributed by atoms with Crippen LogP contribution in [0.4, 0.5) is 0 Å². The Labute approximate surface area is 145 Å². The Bertz CT molecular complexity index is 647. The molecule has 0 spiro atoms. The van der Waals surface area contributed by atoms with Crippen molar-refractivity contribution in [1.29, 1.82) is 0 Å². The minimum atomic E-state index is -3.46. The van der Waals surface area contributed by atoms with Crippen LogP contribution in [0.3, 0.4) is 0 Å². The number of carbonyl (C=O) groups excluding carboxylic acids is 1. The molecule has 134 valence electrons. The Hall–Kier alpha value is -1.40. The fourth-order valence-corrected chi connectivity index (χ4v) is 4.43. The molecule has 1 aliphatic heterocycles. The molecule has 1 heterocycles. The smallest absolute Gasteiger partial charge is 0.251 e. The van der Waals surface area contributed by atoms with Crippen LogP contribution in [-0.4, -0.2) is 37.8 Å². The largest absolute Gasteiger partial charge is 0.350 e. The lowest BCUT2D eigenvalue weighted by atomic mass is 10.0. The van der Waals surface area contributed by atoms with E-state index < -0.39 is 10.0 Å². The Morgan fingerprint density at radius 2 is 1.83 bits per heavy atom. The van der Waals surface area contributed by atoms with Crippen molar-refractivity contribution in [3.8, 4) is 0 Å². The van der Waals surface area contributed by atoms with Gasteiger partial charge in [0.15, 0.2) is 0 Å². The Morgan fingerprint density at radius 1 is 1.25 bits per heavy atom. The minimum absolute atomic E-state index is 0.112. The van der Waals surface area contributed by atoms with Crippen molar-refractivity contribution in [1.82, 2.24) is 9.62 Å². The summed E-state index contributed by atoms with van der Waals surface area (Å²) in [6, 6.07) is 6.36. The molecule has 1 N–H and O–H groups in total. The SMILES string of the molecule is CCC[C@@H](C)NC(=O)c1ccc(S(=O)(=O)N2CCC(C)CC2)cc1. The van der Waals surface area contributed by atoms with Gasteiger partial charge in [-0.15, -0.1) is 0 Å². The lowest BCUT2D eigenvalue weighted by Crippen LogP contribution is -2.37. The fraction of sp³-hybridized carbons (Fsp3) is 0.611. The molecule has 0 bridgehead atoms. The Kier molecular flexibility index (Phi) is 6.40. The van der Waals surface area contributed by atoms with Gasteiger partial charge >= 0.3 is 0 Å². The standard InChI is InChI=1S/C18H28N2O3S/c1-4-5-15(3)19-18(21)16-6-8-17(9-7-16)24(22,23)20-12-10-14(2)11-13-20/h6-9,14-15H,4-5,10-13H2,1-3H3,(H,19,21)/t15-/m1/s1. The normalized spacial score (nSPS) is 18.3. The van der Waals surface area contributed by atoms with Gasteiger partial charge in [-0.3, -0.25) is 4.79 Å². The Balaban J connectivity index is 2.07. The van der Waals surface area contributed by atoms with Gasteiger partial charge in [-0.05, 0) is 56.4 Å². The Morgan fingerprint density at radius 3 is 2.38 bits per heavy atom. The molecule has 6 heteroatoms. The fourth-order valence-electron chi connectivity index (χ4n) is 2.96. The second-order valence-electron chi connectivity index (χ2n) is 6.77. The van der Waals surface area contributed by atoms with E-state index in [1.165, 1.54) is 12.1 Å². The lowest BCUT2D eigenvalue weighted by molar-refractivity contribution is 0.0938.